The number of aliphatic hydroxyl groups is 1. The summed E-state index contributed by atoms with van der Waals surface area (Å²) < 4.78 is 0. The maximum atomic E-state index is 10.5. The van der Waals surface area contributed by atoms with E-state index in [2.05, 4.69) is 19.9 Å². The van der Waals surface area contributed by atoms with Crippen LogP contribution < -0.4 is 0 Å². The molecule has 18 heavy (non-hydrogen) atoms. The van der Waals surface area contributed by atoms with E-state index in [0.29, 0.717) is 5.02 Å². The molecule has 98 valence electrons. The van der Waals surface area contributed by atoms with Crippen LogP contribution in [0.2, 0.25) is 5.02 Å². The van der Waals surface area contributed by atoms with Crippen molar-refractivity contribution >= 4 is 22.9 Å². The number of rotatable bonds is 2. The maximum absolute atomic E-state index is 10.5. The summed E-state index contributed by atoms with van der Waals surface area (Å²) in [4.78, 5) is 0.807. The van der Waals surface area contributed by atoms with Crippen molar-refractivity contribution < 1.29 is 5.11 Å². The van der Waals surface area contributed by atoms with Crippen LogP contribution in [0, 0.1) is 22.2 Å². The molecule has 1 heterocycles. The predicted molar refractivity (Wildman–Crippen MR) is 74.6 cm³/mol. The first kappa shape index (κ1) is 13.9. The Balaban J connectivity index is 2.22. The van der Waals surface area contributed by atoms with Gasteiger partial charge in [0, 0.05) is 10.3 Å². The summed E-state index contributed by atoms with van der Waals surface area (Å²) in [5.74, 6) is 0. The Kier molecular flexibility index (Phi) is 3.73. The van der Waals surface area contributed by atoms with Gasteiger partial charge in [0.15, 0.2) is 0 Å². The number of aliphatic hydroxyl groups excluding tert-OH is 1. The molecule has 1 aliphatic rings. The van der Waals surface area contributed by atoms with Crippen LogP contribution in [0.3, 0.4) is 0 Å². The van der Waals surface area contributed by atoms with Crippen molar-refractivity contribution in [3.8, 4) is 6.07 Å². The van der Waals surface area contributed by atoms with Crippen LogP contribution in [0.1, 0.15) is 50.5 Å². The van der Waals surface area contributed by atoms with E-state index in [1.165, 1.54) is 11.3 Å². The van der Waals surface area contributed by atoms with Crippen LogP contribution in [0.15, 0.2) is 11.4 Å². The van der Waals surface area contributed by atoms with Crippen LogP contribution in [0.5, 0.6) is 0 Å². The molecular formula is C14H18ClNOS. The zero-order chi connectivity index (χ0) is 13.4. The highest BCUT2D eigenvalue weighted by Crippen LogP contribution is 2.51. The summed E-state index contributed by atoms with van der Waals surface area (Å²) in [5.41, 5.74) is -0.350. The molecule has 1 atom stereocenters. The summed E-state index contributed by atoms with van der Waals surface area (Å²) in [6.07, 6.45) is 2.77. The van der Waals surface area contributed by atoms with Crippen molar-refractivity contribution in [1.29, 1.82) is 5.26 Å². The Morgan fingerprint density at radius 2 is 2.00 bits per heavy atom. The van der Waals surface area contributed by atoms with Gasteiger partial charge in [-0.15, -0.1) is 11.3 Å². The van der Waals surface area contributed by atoms with Crippen molar-refractivity contribution in [2.45, 2.75) is 45.6 Å². The van der Waals surface area contributed by atoms with Gasteiger partial charge in [-0.25, -0.2) is 0 Å². The SMILES string of the molecule is CC1(C)CCC(C#N)(C(O)c2cc(Cl)cs2)CC1. The van der Waals surface area contributed by atoms with Gasteiger partial charge in [0.05, 0.1) is 16.5 Å². The second-order valence-corrected chi connectivity index (χ2v) is 7.38. The van der Waals surface area contributed by atoms with Gasteiger partial charge in [-0.1, -0.05) is 25.4 Å². The van der Waals surface area contributed by atoms with Crippen molar-refractivity contribution in [1.82, 2.24) is 0 Å². The summed E-state index contributed by atoms with van der Waals surface area (Å²) in [6, 6.07) is 4.15. The fourth-order valence-corrected chi connectivity index (χ4v) is 3.75. The average Bonchev–Trinajstić information content (AvgIpc) is 2.76. The van der Waals surface area contributed by atoms with E-state index in [4.69, 9.17) is 11.6 Å². The minimum atomic E-state index is -0.712. The van der Waals surface area contributed by atoms with Gasteiger partial charge in [-0.05, 0) is 37.2 Å². The zero-order valence-corrected chi connectivity index (χ0v) is 12.3. The Labute approximate surface area is 117 Å². The monoisotopic (exact) mass is 283 g/mol. The van der Waals surface area contributed by atoms with Crippen molar-refractivity contribution in [3.63, 3.8) is 0 Å². The van der Waals surface area contributed by atoms with E-state index in [1.54, 1.807) is 11.4 Å². The van der Waals surface area contributed by atoms with Crippen molar-refractivity contribution in [2.24, 2.45) is 10.8 Å². The quantitative estimate of drug-likeness (QED) is 0.865. The van der Waals surface area contributed by atoms with E-state index in [1.807, 2.05) is 0 Å². The predicted octanol–water partition coefficient (Wildman–Crippen LogP) is 4.55. The molecule has 1 fully saturated rings. The lowest BCUT2D eigenvalue weighted by atomic mass is 9.63. The Hall–Kier alpha value is -0.560. The van der Waals surface area contributed by atoms with Crippen LogP contribution >= 0.6 is 22.9 Å². The molecule has 0 bridgehead atoms. The standard InChI is InChI=1S/C14H18ClNOS/c1-13(2)3-5-14(9-16,6-4-13)12(17)11-7-10(15)8-18-11/h7-8,12,17H,3-6H2,1-2H3. The molecule has 0 radical (unpaired) electrons. The molecule has 2 rings (SSSR count). The number of hydrogen-bond donors (Lipinski definition) is 1. The Morgan fingerprint density at radius 3 is 2.44 bits per heavy atom. The van der Waals surface area contributed by atoms with E-state index in [-0.39, 0.29) is 5.41 Å². The van der Waals surface area contributed by atoms with Crippen LogP contribution in [0.4, 0.5) is 0 Å². The highest BCUT2D eigenvalue weighted by molar-refractivity contribution is 7.10. The maximum Gasteiger partial charge on any atom is 0.107 e. The number of hydrogen-bond acceptors (Lipinski definition) is 3. The molecule has 0 saturated heterocycles. The molecule has 1 aliphatic carbocycles. The van der Waals surface area contributed by atoms with E-state index >= 15 is 0 Å². The number of nitriles is 1. The van der Waals surface area contributed by atoms with Gasteiger partial charge in [0.1, 0.15) is 6.10 Å². The largest absolute Gasteiger partial charge is 0.386 e. The van der Waals surface area contributed by atoms with Gasteiger partial charge < -0.3 is 5.11 Å². The first-order chi connectivity index (χ1) is 8.38. The first-order valence-corrected chi connectivity index (χ1v) is 7.48. The topological polar surface area (TPSA) is 44.0 Å². The summed E-state index contributed by atoms with van der Waals surface area (Å²) in [7, 11) is 0. The Morgan fingerprint density at radius 1 is 1.39 bits per heavy atom. The molecule has 1 N–H and O–H groups in total. The van der Waals surface area contributed by atoms with Gasteiger partial charge in [0.25, 0.3) is 0 Å². The van der Waals surface area contributed by atoms with Gasteiger partial charge >= 0.3 is 0 Å². The summed E-state index contributed by atoms with van der Waals surface area (Å²) in [6.45, 7) is 4.45. The molecule has 0 aliphatic heterocycles. The van der Waals surface area contributed by atoms with E-state index < -0.39 is 11.5 Å². The van der Waals surface area contributed by atoms with Crippen molar-refractivity contribution in [2.75, 3.05) is 0 Å². The molecule has 0 spiro atoms. The molecular weight excluding hydrogens is 266 g/mol. The smallest absolute Gasteiger partial charge is 0.107 e. The highest BCUT2D eigenvalue weighted by atomic mass is 35.5. The second-order valence-electron chi connectivity index (χ2n) is 6.00. The van der Waals surface area contributed by atoms with Gasteiger partial charge in [0.2, 0.25) is 0 Å². The van der Waals surface area contributed by atoms with E-state index in [9.17, 15) is 10.4 Å². The minimum Gasteiger partial charge on any atom is -0.386 e. The molecule has 0 amide bonds. The number of halogens is 1. The lowest BCUT2D eigenvalue weighted by Crippen LogP contribution is -2.34. The van der Waals surface area contributed by atoms with Crippen LogP contribution in [-0.4, -0.2) is 5.11 Å². The third-order valence-electron chi connectivity index (χ3n) is 4.10. The number of nitrogens with zero attached hydrogens (tertiary/aromatic N) is 1. The van der Waals surface area contributed by atoms with Gasteiger partial charge in [-0.2, -0.15) is 5.26 Å². The lowest BCUT2D eigenvalue weighted by Gasteiger charge is -2.41. The van der Waals surface area contributed by atoms with Crippen molar-refractivity contribution in [3.05, 3.63) is 21.3 Å². The highest BCUT2D eigenvalue weighted by Gasteiger charge is 2.44. The molecule has 1 aromatic heterocycles. The van der Waals surface area contributed by atoms with Gasteiger partial charge in [-0.3, -0.25) is 0 Å². The number of thiophene rings is 1. The third kappa shape index (κ3) is 2.56. The molecule has 1 aromatic rings. The third-order valence-corrected chi connectivity index (χ3v) is 5.43. The Bertz CT molecular complexity index is 464. The molecule has 1 saturated carbocycles. The molecule has 2 nitrogen and oxygen atoms in total. The fourth-order valence-electron chi connectivity index (χ4n) is 2.56. The zero-order valence-electron chi connectivity index (χ0n) is 10.7. The minimum absolute atomic E-state index is 0.285. The van der Waals surface area contributed by atoms with Crippen LogP contribution in [-0.2, 0) is 0 Å². The van der Waals surface area contributed by atoms with Crippen LogP contribution in [0.25, 0.3) is 0 Å². The molecule has 4 heteroatoms. The molecule has 1 unspecified atom stereocenters. The first-order valence-electron chi connectivity index (χ1n) is 6.22. The lowest BCUT2D eigenvalue weighted by molar-refractivity contribution is 0.0117. The van der Waals surface area contributed by atoms with E-state index in [0.717, 1.165) is 30.6 Å². The fraction of sp³-hybridized carbons (Fsp3) is 0.643. The second kappa shape index (κ2) is 4.85. The normalized spacial score (nSPS) is 23.3. The molecule has 0 aromatic carbocycles. The summed E-state index contributed by atoms with van der Waals surface area (Å²) in [5, 5.41) is 22.5. The summed E-state index contributed by atoms with van der Waals surface area (Å²) >= 11 is 7.33. The average molecular weight is 284 g/mol.